The Morgan fingerprint density at radius 2 is 1.64 bits per heavy atom. The van der Waals surface area contributed by atoms with Gasteiger partial charge in [0.25, 0.3) is 0 Å². The fraction of sp³-hybridized carbons (Fsp3) is 0.880. The number of hydrogen-bond acceptors (Lipinski definition) is 5. The second-order valence-electron chi connectivity index (χ2n) is 10.8. The Kier molecular flexibility index (Phi) is 13.8. The SMILES string of the molecule is CC.CC(C)(C)C1CC(C(=O)NC(CC2CCC2)C(O)C(N)=O)N(C(=O)CN)C1.CC(C)C. The van der Waals surface area contributed by atoms with E-state index in [-0.39, 0.29) is 29.7 Å². The van der Waals surface area contributed by atoms with Gasteiger partial charge < -0.3 is 26.8 Å². The van der Waals surface area contributed by atoms with E-state index in [1.807, 2.05) is 13.8 Å². The molecule has 8 nitrogen and oxygen atoms in total. The number of amides is 3. The first-order chi connectivity index (χ1) is 15.3. The van der Waals surface area contributed by atoms with Crippen molar-refractivity contribution in [3.63, 3.8) is 0 Å². The standard InChI is InChI=1S/C19H34N4O4.C4H10.C2H6/c1-19(2,3)12-8-14(23(10-12)15(24)9-20)18(27)22-13(16(25)17(21)26)7-11-5-4-6-11;1-4(2)3;1-2/h11-14,16,25H,4-10,20H2,1-3H3,(H2,21,26)(H,22,27);4H,1-3H3;1-2H3. The van der Waals surface area contributed by atoms with E-state index in [2.05, 4.69) is 46.9 Å². The third-order valence-corrected chi connectivity index (χ3v) is 6.14. The lowest BCUT2D eigenvalue weighted by molar-refractivity contribution is -0.139. The number of primary amides is 1. The molecule has 3 amide bonds. The summed E-state index contributed by atoms with van der Waals surface area (Å²) in [6, 6.07) is -1.38. The minimum absolute atomic E-state index is 0.0553. The van der Waals surface area contributed by atoms with Crippen LogP contribution in [0.25, 0.3) is 0 Å². The predicted octanol–water partition coefficient (Wildman–Crippen LogP) is 2.42. The Labute approximate surface area is 201 Å². The van der Waals surface area contributed by atoms with Gasteiger partial charge in [0.05, 0.1) is 12.6 Å². The maximum atomic E-state index is 13.0. The van der Waals surface area contributed by atoms with E-state index in [9.17, 15) is 19.5 Å². The van der Waals surface area contributed by atoms with Crippen molar-refractivity contribution in [2.45, 2.75) is 106 Å². The quantitative estimate of drug-likeness (QED) is 0.452. The zero-order valence-corrected chi connectivity index (χ0v) is 22.2. The highest BCUT2D eigenvalue weighted by atomic mass is 16.3. The lowest BCUT2D eigenvalue weighted by atomic mass is 9.79. The van der Waals surface area contributed by atoms with Crippen molar-refractivity contribution < 1.29 is 19.5 Å². The van der Waals surface area contributed by atoms with E-state index in [4.69, 9.17) is 11.5 Å². The van der Waals surface area contributed by atoms with Crippen molar-refractivity contribution in [2.24, 2.45) is 34.6 Å². The molecule has 0 radical (unpaired) electrons. The van der Waals surface area contributed by atoms with Gasteiger partial charge in [0, 0.05) is 6.54 Å². The zero-order chi connectivity index (χ0) is 25.9. The molecule has 0 spiro atoms. The third kappa shape index (κ3) is 10.4. The lowest BCUT2D eigenvalue weighted by Gasteiger charge is -2.33. The Balaban J connectivity index is 0.00000154. The highest BCUT2D eigenvalue weighted by molar-refractivity contribution is 5.90. The number of nitrogens with zero attached hydrogens (tertiary/aromatic N) is 1. The van der Waals surface area contributed by atoms with E-state index in [1.165, 1.54) is 4.90 Å². The van der Waals surface area contributed by atoms with Crippen molar-refractivity contribution >= 4 is 17.7 Å². The molecule has 194 valence electrons. The van der Waals surface area contributed by atoms with Crippen LogP contribution < -0.4 is 16.8 Å². The normalized spacial score (nSPS) is 22.2. The van der Waals surface area contributed by atoms with Crippen molar-refractivity contribution in [3.8, 4) is 0 Å². The number of nitrogens with one attached hydrogen (secondary N) is 1. The number of nitrogens with two attached hydrogens (primary N) is 2. The van der Waals surface area contributed by atoms with E-state index in [0.29, 0.717) is 25.3 Å². The van der Waals surface area contributed by atoms with Gasteiger partial charge in [0.2, 0.25) is 17.7 Å². The first-order valence-corrected chi connectivity index (χ1v) is 12.5. The molecule has 0 bridgehead atoms. The third-order valence-electron chi connectivity index (χ3n) is 6.14. The highest BCUT2D eigenvalue weighted by Gasteiger charge is 2.44. The van der Waals surface area contributed by atoms with Gasteiger partial charge in [0.1, 0.15) is 6.04 Å². The number of carbonyl (C=O) groups excluding carboxylic acids is 3. The summed E-state index contributed by atoms with van der Waals surface area (Å²) in [5.41, 5.74) is 10.7. The Hall–Kier alpha value is -1.67. The van der Waals surface area contributed by atoms with Gasteiger partial charge in [-0.15, -0.1) is 0 Å². The average molecular weight is 471 g/mol. The van der Waals surface area contributed by atoms with Gasteiger partial charge in [-0.3, -0.25) is 14.4 Å². The van der Waals surface area contributed by atoms with Crippen molar-refractivity contribution in [1.29, 1.82) is 0 Å². The van der Waals surface area contributed by atoms with Crippen LogP contribution in [0.1, 0.15) is 87.5 Å². The molecule has 0 aromatic heterocycles. The first-order valence-electron chi connectivity index (χ1n) is 12.5. The molecular formula is C25H50N4O4. The van der Waals surface area contributed by atoms with Gasteiger partial charge in [0.15, 0.2) is 6.10 Å². The fourth-order valence-electron chi connectivity index (χ4n) is 3.94. The summed E-state index contributed by atoms with van der Waals surface area (Å²) >= 11 is 0. The fourth-order valence-corrected chi connectivity index (χ4v) is 3.94. The molecule has 4 unspecified atom stereocenters. The minimum atomic E-state index is -1.44. The van der Waals surface area contributed by atoms with Crippen LogP contribution >= 0.6 is 0 Å². The summed E-state index contributed by atoms with van der Waals surface area (Å²) in [5.74, 6) is -0.110. The van der Waals surface area contributed by atoms with E-state index in [1.54, 1.807) is 0 Å². The summed E-state index contributed by atoms with van der Waals surface area (Å²) in [5, 5.41) is 13.0. The van der Waals surface area contributed by atoms with Crippen LogP contribution in [-0.4, -0.2) is 59.0 Å². The monoisotopic (exact) mass is 470 g/mol. The molecular weight excluding hydrogens is 420 g/mol. The summed E-state index contributed by atoms with van der Waals surface area (Å²) in [7, 11) is 0. The summed E-state index contributed by atoms with van der Waals surface area (Å²) < 4.78 is 0. The minimum Gasteiger partial charge on any atom is -0.381 e. The van der Waals surface area contributed by atoms with E-state index >= 15 is 0 Å². The van der Waals surface area contributed by atoms with Crippen LogP contribution in [-0.2, 0) is 14.4 Å². The Bertz CT molecular complexity index is 611. The summed E-state index contributed by atoms with van der Waals surface area (Å²) in [6.07, 6.45) is 2.76. The first kappa shape index (κ1) is 31.3. The number of rotatable bonds is 7. The Morgan fingerprint density at radius 1 is 1.12 bits per heavy atom. The maximum absolute atomic E-state index is 13.0. The summed E-state index contributed by atoms with van der Waals surface area (Å²) in [4.78, 5) is 38.2. The molecule has 1 aliphatic heterocycles. The molecule has 1 heterocycles. The lowest BCUT2D eigenvalue weighted by Crippen LogP contribution is -2.55. The van der Waals surface area contributed by atoms with Crippen LogP contribution in [0.15, 0.2) is 0 Å². The molecule has 1 aliphatic carbocycles. The van der Waals surface area contributed by atoms with Crippen molar-refractivity contribution in [3.05, 3.63) is 0 Å². The molecule has 6 N–H and O–H groups in total. The second-order valence-corrected chi connectivity index (χ2v) is 10.8. The topological polar surface area (TPSA) is 139 Å². The van der Waals surface area contributed by atoms with Crippen LogP contribution in [0.2, 0.25) is 0 Å². The van der Waals surface area contributed by atoms with Gasteiger partial charge in [-0.05, 0) is 36.0 Å². The molecule has 1 saturated heterocycles. The van der Waals surface area contributed by atoms with E-state index < -0.39 is 24.1 Å². The average Bonchev–Trinajstić information content (AvgIpc) is 3.15. The van der Waals surface area contributed by atoms with Crippen LogP contribution in [0, 0.1) is 23.2 Å². The number of hydrogen-bond donors (Lipinski definition) is 4. The zero-order valence-electron chi connectivity index (χ0n) is 22.2. The molecule has 2 fully saturated rings. The molecule has 2 rings (SSSR count). The van der Waals surface area contributed by atoms with Crippen molar-refractivity contribution in [2.75, 3.05) is 13.1 Å². The second kappa shape index (κ2) is 14.6. The maximum Gasteiger partial charge on any atom is 0.248 e. The van der Waals surface area contributed by atoms with Crippen LogP contribution in [0.5, 0.6) is 0 Å². The number of aliphatic hydroxyl groups is 1. The molecule has 1 saturated carbocycles. The molecule has 2 aliphatic rings. The predicted molar refractivity (Wildman–Crippen MR) is 133 cm³/mol. The van der Waals surface area contributed by atoms with Crippen molar-refractivity contribution in [1.82, 2.24) is 10.2 Å². The Morgan fingerprint density at radius 3 is 2.00 bits per heavy atom. The molecule has 33 heavy (non-hydrogen) atoms. The van der Waals surface area contributed by atoms with Crippen LogP contribution in [0.4, 0.5) is 0 Å². The van der Waals surface area contributed by atoms with Gasteiger partial charge in [-0.25, -0.2) is 0 Å². The number of aliphatic hydroxyl groups excluding tert-OH is 1. The molecule has 0 aromatic carbocycles. The molecule has 8 heteroatoms. The highest BCUT2D eigenvalue weighted by Crippen LogP contribution is 2.37. The van der Waals surface area contributed by atoms with Gasteiger partial charge in [-0.1, -0.05) is 74.7 Å². The number of likely N-dealkylation sites (tertiary alicyclic amines) is 1. The van der Waals surface area contributed by atoms with Gasteiger partial charge in [-0.2, -0.15) is 0 Å². The molecule has 4 atom stereocenters. The van der Waals surface area contributed by atoms with Crippen LogP contribution in [0.3, 0.4) is 0 Å². The number of carbonyl (C=O) groups is 3. The summed E-state index contributed by atoms with van der Waals surface area (Å²) in [6.45, 7) is 17.1. The van der Waals surface area contributed by atoms with Gasteiger partial charge >= 0.3 is 0 Å². The smallest absolute Gasteiger partial charge is 0.248 e. The van der Waals surface area contributed by atoms with E-state index in [0.717, 1.165) is 25.2 Å². The largest absolute Gasteiger partial charge is 0.381 e. The molecule has 0 aromatic rings.